The number of aromatic nitrogens is 2. The van der Waals surface area contributed by atoms with Crippen LogP contribution < -0.4 is 5.32 Å². The van der Waals surface area contributed by atoms with Crippen LogP contribution in [0, 0.1) is 20.8 Å². The minimum atomic E-state index is -1.12. The molecule has 0 bridgehead atoms. The smallest absolute Gasteiger partial charge is 0.330 e. The summed E-state index contributed by atoms with van der Waals surface area (Å²) in [6, 6.07) is 4.26. The average molecular weight is 299 g/mol. The third-order valence-corrected chi connectivity index (χ3v) is 3.64. The summed E-state index contributed by atoms with van der Waals surface area (Å²) in [5, 5.41) is 12.0. The van der Waals surface area contributed by atoms with E-state index in [0.29, 0.717) is 11.3 Å². The highest BCUT2D eigenvalue weighted by Crippen LogP contribution is 2.21. The Morgan fingerprint density at radius 2 is 1.95 bits per heavy atom. The van der Waals surface area contributed by atoms with Gasteiger partial charge in [-0.25, -0.2) is 14.8 Å². The lowest BCUT2D eigenvalue weighted by Crippen LogP contribution is -2.34. The van der Waals surface area contributed by atoms with Gasteiger partial charge in [-0.05, 0) is 37.5 Å². The number of benzene rings is 1. The van der Waals surface area contributed by atoms with E-state index in [0.717, 1.165) is 11.1 Å². The van der Waals surface area contributed by atoms with Gasteiger partial charge < -0.3 is 10.4 Å². The number of nitrogens with zero attached hydrogens (tertiary/aromatic N) is 2. The van der Waals surface area contributed by atoms with Crippen LogP contribution in [0.1, 0.15) is 38.8 Å². The highest BCUT2D eigenvalue weighted by molar-refractivity contribution is 5.97. The van der Waals surface area contributed by atoms with Gasteiger partial charge in [-0.2, -0.15) is 0 Å². The molecule has 6 heteroatoms. The van der Waals surface area contributed by atoms with Crippen LogP contribution >= 0.6 is 0 Å². The van der Waals surface area contributed by atoms with Crippen molar-refractivity contribution in [1.29, 1.82) is 0 Å². The van der Waals surface area contributed by atoms with Gasteiger partial charge in [-0.1, -0.05) is 18.2 Å². The molecule has 1 unspecified atom stereocenters. The highest BCUT2D eigenvalue weighted by Gasteiger charge is 2.25. The third-order valence-electron chi connectivity index (χ3n) is 3.64. The summed E-state index contributed by atoms with van der Waals surface area (Å²) in [7, 11) is 0. The SMILES string of the molecule is Cc1cccc(C(NC(=O)c2cncnc2C)C(=O)O)c1C. The van der Waals surface area contributed by atoms with Gasteiger partial charge in [0.05, 0.1) is 11.3 Å². The maximum atomic E-state index is 12.3. The molecular weight excluding hydrogens is 282 g/mol. The predicted octanol–water partition coefficient (Wildman–Crippen LogP) is 1.96. The number of aryl methyl sites for hydroxylation is 2. The van der Waals surface area contributed by atoms with Crippen molar-refractivity contribution in [2.45, 2.75) is 26.8 Å². The summed E-state index contributed by atoms with van der Waals surface area (Å²) in [5.74, 6) is -1.62. The van der Waals surface area contributed by atoms with E-state index in [1.54, 1.807) is 19.1 Å². The van der Waals surface area contributed by atoms with Gasteiger partial charge >= 0.3 is 5.97 Å². The van der Waals surface area contributed by atoms with Crippen molar-refractivity contribution in [3.63, 3.8) is 0 Å². The predicted molar refractivity (Wildman–Crippen MR) is 80.5 cm³/mol. The summed E-state index contributed by atoms with van der Waals surface area (Å²) in [5.41, 5.74) is 3.14. The molecule has 1 aromatic heterocycles. The highest BCUT2D eigenvalue weighted by atomic mass is 16.4. The molecule has 2 N–H and O–H groups in total. The zero-order valence-electron chi connectivity index (χ0n) is 12.6. The van der Waals surface area contributed by atoms with Crippen LogP contribution in [-0.4, -0.2) is 27.0 Å². The molecule has 1 heterocycles. The zero-order chi connectivity index (χ0) is 16.3. The standard InChI is InChI=1S/C16H17N3O3/c1-9-5-4-6-12(10(9)2)14(16(21)22)19-15(20)13-7-17-8-18-11(13)3/h4-8,14H,1-3H3,(H,19,20)(H,21,22). The molecule has 0 radical (unpaired) electrons. The Balaban J connectivity index is 2.34. The fourth-order valence-corrected chi connectivity index (χ4v) is 2.18. The van der Waals surface area contributed by atoms with Crippen molar-refractivity contribution in [1.82, 2.24) is 15.3 Å². The average Bonchev–Trinajstić information content (AvgIpc) is 2.48. The number of amides is 1. The molecule has 0 aliphatic carbocycles. The van der Waals surface area contributed by atoms with E-state index in [1.807, 2.05) is 19.9 Å². The fourth-order valence-electron chi connectivity index (χ4n) is 2.18. The summed E-state index contributed by atoms with van der Waals surface area (Å²) < 4.78 is 0. The molecule has 0 aliphatic rings. The lowest BCUT2D eigenvalue weighted by molar-refractivity contribution is -0.139. The lowest BCUT2D eigenvalue weighted by Gasteiger charge is -2.18. The first-order valence-electron chi connectivity index (χ1n) is 6.78. The van der Waals surface area contributed by atoms with E-state index >= 15 is 0 Å². The van der Waals surface area contributed by atoms with Gasteiger partial charge in [0.15, 0.2) is 6.04 Å². The number of hydrogen-bond donors (Lipinski definition) is 2. The fraction of sp³-hybridized carbons (Fsp3) is 0.250. The van der Waals surface area contributed by atoms with E-state index in [1.165, 1.54) is 12.5 Å². The normalized spacial score (nSPS) is 11.8. The molecule has 2 rings (SSSR count). The van der Waals surface area contributed by atoms with Gasteiger partial charge in [0.2, 0.25) is 0 Å². The summed E-state index contributed by atoms with van der Waals surface area (Å²) in [6.07, 6.45) is 2.71. The number of aliphatic carboxylic acids is 1. The van der Waals surface area contributed by atoms with Crippen molar-refractivity contribution in [3.8, 4) is 0 Å². The maximum absolute atomic E-state index is 12.3. The molecule has 0 aliphatic heterocycles. The van der Waals surface area contributed by atoms with Crippen LogP contribution in [0.2, 0.25) is 0 Å². The van der Waals surface area contributed by atoms with E-state index < -0.39 is 17.9 Å². The molecule has 1 atom stereocenters. The number of carbonyl (C=O) groups is 2. The molecule has 0 saturated heterocycles. The minimum Gasteiger partial charge on any atom is -0.479 e. The Morgan fingerprint density at radius 1 is 1.23 bits per heavy atom. The first-order valence-corrected chi connectivity index (χ1v) is 6.78. The van der Waals surface area contributed by atoms with Crippen LogP contribution in [0.5, 0.6) is 0 Å². The van der Waals surface area contributed by atoms with Crippen LogP contribution in [0.3, 0.4) is 0 Å². The van der Waals surface area contributed by atoms with Gasteiger partial charge in [0.25, 0.3) is 5.91 Å². The van der Waals surface area contributed by atoms with Gasteiger partial charge in [0.1, 0.15) is 6.33 Å². The topological polar surface area (TPSA) is 92.2 Å². The number of carbonyl (C=O) groups excluding carboxylic acids is 1. The Bertz CT molecular complexity index is 728. The Kier molecular flexibility index (Phi) is 4.50. The molecule has 6 nitrogen and oxygen atoms in total. The molecule has 0 spiro atoms. The minimum absolute atomic E-state index is 0.263. The number of nitrogens with one attached hydrogen (secondary N) is 1. The van der Waals surface area contributed by atoms with Crippen LogP contribution in [0.25, 0.3) is 0 Å². The number of rotatable bonds is 4. The van der Waals surface area contributed by atoms with Crippen molar-refractivity contribution in [2.75, 3.05) is 0 Å². The molecule has 1 amide bonds. The van der Waals surface area contributed by atoms with Crippen molar-refractivity contribution >= 4 is 11.9 Å². The Labute approximate surface area is 128 Å². The zero-order valence-corrected chi connectivity index (χ0v) is 12.6. The van der Waals surface area contributed by atoms with E-state index in [4.69, 9.17) is 0 Å². The van der Waals surface area contributed by atoms with E-state index in [-0.39, 0.29) is 5.56 Å². The number of carboxylic acids is 1. The Morgan fingerprint density at radius 3 is 2.59 bits per heavy atom. The lowest BCUT2D eigenvalue weighted by atomic mass is 9.97. The second kappa shape index (κ2) is 6.34. The second-order valence-electron chi connectivity index (χ2n) is 5.06. The third kappa shape index (κ3) is 3.11. The molecule has 22 heavy (non-hydrogen) atoms. The molecule has 0 fully saturated rings. The molecular formula is C16H17N3O3. The Hall–Kier alpha value is -2.76. The molecule has 0 saturated carbocycles. The van der Waals surface area contributed by atoms with E-state index in [9.17, 15) is 14.7 Å². The second-order valence-corrected chi connectivity index (χ2v) is 5.06. The van der Waals surface area contributed by atoms with Crippen molar-refractivity contribution in [3.05, 3.63) is 58.7 Å². The first-order chi connectivity index (χ1) is 10.4. The van der Waals surface area contributed by atoms with E-state index in [2.05, 4.69) is 15.3 Å². The summed E-state index contributed by atoms with van der Waals surface area (Å²) in [4.78, 5) is 31.6. The van der Waals surface area contributed by atoms with Crippen molar-refractivity contribution in [2.24, 2.45) is 0 Å². The molecule has 114 valence electrons. The quantitative estimate of drug-likeness (QED) is 0.900. The van der Waals surface area contributed by atoms with Gasteiger partial charge in [-0.15, -0.1) is 0 Å². The van der Waals surface area contributed by atoms with Crippen LogP contribution in [0.15, 0.2) is 30.7 Å². The van der Waals surface area contributed by atoms with Crippen LogP contribution in [0.4, 0.5) is 0 Å². The molecule has 1 aromatic carbocycles. The number of hydrogen-bond acceptors (Lipinski definition) is 4. The first kappa shape index (κ1) is 15.6. The maximum Gasteiger partial charge on any atom is 0.330 e. The van der Waals surface area contributed by atoms with Gasteiger partial charge in [-0.3, -0.25) is 4.79 Å². The van der Waals surface area contributed by atoms with Gasteiger partial charge in [0, 0.05) is 6.20 Å². The van der Waals surface area contributed by atoms with Crippen LogP contribution in [-0.2, 0) is 4.79 Å². The monoisotopic (exact) mass is 299 g/mol. The summed E-state index contributed by atoms with van der Waals surface area (Å²) in [6.45, 7) is 5.41. The molecule has 2 aromatic rings. The number of carboxylic acid groups (broad SMARTS) is 1. The summed E-state index contributed by atoms with van der Waals surface area (Å²) >= 11 is 0. The largest absolute Gasteiger partial charge is 0.479 e. The van der Waals surface area contributed by atoms with Crippen molar-refractivity contribution < 1.29 is 14.7 Å².